The van der Waals surface area contributed by atoms with Gasteiger partial charge in [-0.1, -0.05) is 23.1 Å². The van der Waals surface area contributed by atoms with Crippen LogP contribution >= 0.6 is 23.1 Å². The van der Waals surface area contributed by atoms with E-state index >= 15 is 0 Å². The number of halogens is 3. The molecule has 8 nitrogen and oxygen atoms in total. The molecule has 0 saturated heterocycles. The van der Waals surface area contributed by atoms with Crippen molar-refractivity contribution >= 4 is 34.0 Å². The van der Waals surface area contributed by atoms with E-state index in [1.807, 2.05) is 5.10 Å². The summed E-state index contributed by atoms with van der Waals surface area (Å²) in [6.45, 7) is 0. The molecule has 22 heavy (non-hydrogen) atoms. The summed E-state index contributed by atoms with van der Waals surface area (Å²) in [5.41, 5.74) is 5.03. The van der Waals surface area contributed by atoms with Gasteiger partial charge in [-0.15, -0.1) is 10.2 Å². The second kappa shape index (κ2) is 5.24. The smallest absolute Gasteiger partial charge is 0.374 e. The average Bonchev–Trinajstić information content (AvgIpc) is 3.02. The molecule has 13 heteroatoms. The summed E-state index contributed by atoms with van der Waals surface area (Å²) in [6.07, 6.45) is -4.68. The molecule has 3 rings (SSSR count). The molecular formula is C9H6F3N7OS2. The van der Waals surface area contributed by atoms with Gasteiger partial charge in [-0.25, -0.2) is 4.98 Å². The molecule has 0 fully saturated rings. The van der Waals surface area contributed by atoms with E-state index in [1.54, 1.807) is 0 Å². The molecule has 3 heterocycles. The fourth-order valence-corrected chi connectivity index (χ4v) is 3.07. The van der Waals surface area contributed by atoms with Gasteiger partial charge in [-0.05, 0) is 0 Å². The van der Waals surface area contributed by atoms with Crippen LogP contribution in [0.3, 0.4) is 0 Å². The van der Waals surface area contributed by atoms with E-state index in [4.69, 9.17) is 5.73 Å². The zero-order chi connectivity index (χ0) is 15.9. The van der Waals surface area contributed by atoms with Gasteiger partial charge in [-0.3, -0.25) is 9.89 Å². The van der Waals surface area contributed by atoms with Crippen LogP contribution in [0.4, 0.5) is 18.3 Å². The topological polar surface area (TPSA) is 115 Å². The van der Waals surface area contributed by atoms with Gasteiger partial charge in [-0.2, -0.15) is 22.7 Å². The number of nitrogen functional groups attached to an aromatic ring is 1. The molecular weight excluding hydrogens is 343 g/mol. The first-order chi connectivity index (χ1) is 10.3. The molecule has 0 saturated carbocycles. The van der Waals surface area contributed by atoms with Crippen LogP contribution in [0.2, 0.25) is 0 Å². The third kappa shape index (κ3) is 2.89. The first kappa shape index (κ1) is 14.8. The quantitative estimate of drug-likeness (QED) is 0.682. The van der Waals surface area contributed by atoms with E-state index < -0.39 is 17.6 Å². The van der Waals surface area contributed by atoms with E-state index in [-0.39, 0.29) is 17.2 Å². The largest absolute Gasteiger partial charge is 0.451 e. The minimum atomic E-state index is -4.68. The number of nitrogens with one attached hydrogen (secondary N) is 1. The molecule has 3 aromatic rings. The van der Waals surface area contributed by atoms with E-state index in [0.29, 0.717) is 14.0 Å². The van der Waals surface area contributed by atoms with Crippen molar-refractivity contribution < 1.29 is 13.2 Å². The molecule has 0 amide bonds. The standard InChI is InChI=1S/C9H6F3N7OS2/c10-9(11,12)5-15-7-14-3(1-4(20)19(7)18-5)2-21-8-17-16-6(13)22-8/h1H,2H2,(H2,13,16)(H,14,15,18). The molecule has 0 aromatic carbocycles. The highest BCUT2D eigenvalue weighted by Gasteiger charge is 2.35. The fraction of sp³-hybridized carbons (Fsp3) is 0.222. The van der Waals surface area contributed by atoms with Crippen LogP contribution in [0, 0.1) is 0 Å². The lowest BCUT2D eigenvalue weighted by Gasteiger charge is -1.98. The van der Waals surface area contributed by atoms with Crippen LogP contribution in [0.5, 0.6) is 0 Å². The van der Waals surface area contributed by atoms with Crippen molar-refractivity contribution in [1.82, 2.24) is 29.8 Å². The van der Waals surface area contributed by atoms with Crippen molar-refractivity contribution in [3.63, 3.8) is 0 Å². The van der Waals surface area contributed by atoms with Crippen LogP contribution in [0.15, 0.2) is 15.2 Å². The highest BCUT2D eigenvalue weighted by molar-refractivity contribution is 8.00. The number of nitrogens with two attached hydrogens (primary N) is 1. The van der Waals surface area contributed by atoms with Gasteiger partial charge < -0.3 is 5.73 Å². The first-order valence-electron chi connectivity index (χ1n) is 5.60. The van der Waals surface area contributed by atoms with Crippen LogP contribution in [0.25, 0.3) is 5.78 Å². The van der Waals surface area contributed by atoms with Crippen LogP contribution in [0.1, 0.15) is 11.5 Å². The third-order valence-electron chi connectivity index (χ3n) is 2.42. The highest BCUT2D eigenvalue weighted by Crippen LogP contribution is 2.27. The molecule has 0 spiro atoms. The van der Waals surface area contributed by atoms with E-state index in [9.17, 15) is 18.0 Å². The monoisotopic (exact) mass is 349 g/mol. The van der Waals surface area contributed by atoms with Gasteiger partial charge in [0.15, 0.2) is 4.34 Å². The number of hydrogen-bond acceptors (Lipinski definition) is 8. The lowest BCUT2D eigenvalue weighted by molar-refractivity contribution is -0.144. The van der Waals surface area contributed by atoms with Crippen molar-refractivity contribution in [3.05, 3.63) is 27.9 Å². The molecule has 3 N–H and O–H groups in total. The molecule has 0 unspecified atom stereocenters. The highest BCUT2D eigenvalue weighted by atomic mass is 32.2. The van der Waals surface area contributed by atoms with Gasteiger partial charge in [0.2, 0.25) is 11.0 Å². The second-order valence-electron chi connectivity index (χ2n) is 3.99. The Kier molecular flexibility index (Phi) is 3.52. The van der Waals surface area contributed by atoms with Crippen molar-refractivity contribution in [2.75, 3.05) is 5.73 Å². The number of thioether (sulfide) groups is 1. The molecule has 116 valence electrons. The summed E-state index contributed by atoms with van der Waals surface area (Å²) in [4.78, 5) is 19.0. The SMILES string of the molecule is Nc1nnc(SCc2cc(=O)n3[nH]c(C(F)(F)F)nc3n2)s1. The zero-order valence-corrected chi connectivity index (χ0v) is 12.1. The lowest BCUT2D eigenvalue weighted by atomic mass is 10.4. The first-order valence-corrected chi connectivity index (χ1v) is 7.41. The number of fused-ring (bicyclic) bond motifs is 1. The van der Waals surface area contributed by atoms with E-state index in [0.717, 1.165) is 17.4 Å². The number of hydrogen-bond donors (Lipinski definition) is 2. The molecule has 0 bridgehead atoms. The van der Waals surface area contributed by atoms with Crippen LogP contribution < -0.4 is 11.3 Å². The summed E-state index contributed by atoms with van der Waals surface area (Å²) >= 11 is 2.38. The predicted molar refractivity (Wildman–Crippen MR) is 72.5 cm³/mol. The maximum absolute atomic E-state index is 12.6. The van der Waals surface area contributed by atoms with E-state index in [1.165, 1.54) is 11.8 Å². The maximum Gasteiger partial charge on any atom is 0.451 e. The molecule has 3 aromatic heterocycles. The summed E-state index contributed by atoms with van der Waals surface area (Å²) in [5, 5.41) is 9.57. The zero-order valence-electron chi connectivity index (χ0n) is 10.5. The van der Waals surface area contributed by atoms with Crippen LogP contribution in [-0.2, 0) is 11.9 Å². The molecule has 0 aliphatic heterocycles. The Morgan fingerprint density at radius 1 is 1.36 bits per heavy atom. The Bertz CT molecular complexity index is 883. The normalized spacial score (nSPS) is 12.1. The Morgan fingerprint density at radius 2 is 2.14 bits per heavy atom. The fourth-order valence-electron chi connectivity index (χ4n) is 1.54. The number of anilines is 1. The third-order valence-corrected chi connectivity index (χ3v) is 4.34. The van der Waals surface area contributed by atoms with Crippen molar-refractivity contribution in [1.29, 1.82) is 0 Å². The van der Waals surface area contributed by atoms with Crippen molar-refractivity contribution in [3.8, 4) is 0 Å². The van der Waals surface area contributed by atoms with E-state index in [2.05, 4.69) is 20.2 Å². The Hall–Kier alpha value is -2.15. The van der Waals surface area contributed by atoms with Crippen LogP contribution in [-0.4, -0.2) is 29.8 Å². The summed E-state index contributed by atoms with van der Waals surface area (Å²) < 4.78 is 38.9. The Morgan fingerprint density at radius 3 is 2.77 bits per heavy atom. The van der Waals surface area contributed by atoms with Gasteiger partial charge in [0, 0.05) is 11.8 Å². The van der Waals surface area contributed by atoms with Gasteiger partial charge in [0.1, 0.15) is 0 Å². The molecule has 0 atom stereocenters. The summed E-state index contributed by atoms with van der Waals surface area (Å²) in [6, 6.07) is 1.13. The van der Waals surface area contributed by atoms with Crippen molar-refractivity contribution in [2.45, 2.75) is 16.3 Å². The predicted octanol–water partition coefficient (Wildman–Crippen LogP) is 1.16. The molecule has 0 aliphatic carbocycles. The molecule has 0 aliphatic rings. The number of aromatic amines is 1. The number of alkyl halides is 3. The Labute approximate surface area is 127 Å². The van der Waals surface area contributed by atoms with Gasteiger partial charge in [0.25, 0.3) is 11.3 Å². The summed E-state index contributed by atoms with van der Waals surface area (Å²) in [5.74, 6) is -1.39. The van der Waals surface area contributed by atoms with Gasteiger partial charge in [0.05, 0.1) is 5.69 Å². The number of aromatic nitrogens is 6. The van der Waals surface area contributed by atoms with Gasteiger partial charge >= 0.3 is 6.18 Å². The minimum absolute atomic E-state index is 0.231. The van der Waals surface area contributed by atoms with Crippen molar-refractivity contribution in [2.24, 2.45) is 0 Å². The second-order valence-corrected chi connectivity index (χ2v) is 6.22. The maximum atomic E-state index is 12.6. The average molecular weight is 349 g/mol. The Balaban J connectivity index is 1.89. The molecule has 0 radical (unpaired) electrons. The number of H-pyrrole nitrogens is 1. The number of nitrogens with zero attached hydrogens (tertiary/aromatic N) is 5. The number of rotatable bonds is 3. The lowest BCUT2D eigenvalue weighted by Crippen LogP contribution is -2.16. The minimum Gasteiger partial charge on any atom is -0.374 e. The summed E-state index contributed by atoms with van der Waals surface area (Å²) in [7, 11) is 0.